The van der Waals surface area contributed by atoms with Gasteiger partial charge >= 0.3 is 0 Å². The van der Waals surface area contributed by atoms with E-state index in [1.807, 2.05) is 0 Å². The van der Waals surface area contributed by atoms with Gasteiger partial charge in [0.05, 0.1) is 11.8 Å². The summed E-state index contributed by atoms with van der Waals surface area (Å²) < 4.78 is 27.5. The van der Waals surface area contributed by atoms with Crippen molar-refractivity contribution < 1.29 is 18.4 Å². The zero-order valence-corrected chi connectivity index (χ0v) is 13.7. The Morgan fingerprint density at radius 1 is 0.920 bits per heavy atom. The number of hydrogen-bond acceptors (Lipinski definition) is 4. The Bertz CT molecular complexity index is 762. The van der Waals surface area contributed by atoms with E-state index in [0.29, 0.717) is 6.42 Å². The Balaban J connectivity index is 1.70. The van der Waals surface area contributed by atoms with Crippen LogP contribution in [0.1, 0.15) is 6.42 Å². The van der Waals surface area contributed by atoms with Crippen molar-refractivity contribution in [3.05, 3.63) is 48.3 Å². The van der Waals surface area contributed by atoms with E-state index in [1.165, 1.54) is 50.8 Å². The van der Waals surface area contributed by atoms with Crippen LogP contribution in [0.15, 0.2) is 36.7 Å². The normalized spacial score (nSPS) is 18.6. The van der Waals surface area contributed by atoms with Gasteiger partial charge in [-0.15, -0.1) is 0 Å². The maximum atomic E-state index is 13.8. The minimum Gasteiger partial charge on any atom is -0.297 e. The molecule has 0 aliphatic heterocycles. The Labute approximate surface area is 143 Å². The van der Waals surface area contributed by atoms with Gasteiger partial charge < -0.3 is 0 Å². The topological polar surface area (TPSA) is 66.4 Å². The molecule has 25 heavy (non-hydrogen) atoms. The highest BCUT2D eigenvalue weighted by molar-refractivity contribution is 6.04. The van der Waals surface area contributed by atoms with Crippen LogP contribution >= 0.6 is 0 Å². The third-order valence-electron chi connectivity index (χ3n) is 4.20. The number of amides is 2. The van der Waals surface area contributed by atoms with Gasteiger partial charge in [-0.3, -0.25) is 19.4 Å². The molecule has 6 nitrogen and oxygen atoms in total. The van der Waals surface area contributed by atoms with E-state index in [4.69, 9.17) is 0 Å². The van der Waals surface area contributed by atoms with Crippen LogP contribution in [0.4, 0.5) is 20.4 Å². The van der Waals surface area contributed by atoms with Crippen LogP contribution in [-0.2, 0) is 9.59 Å². The number of anilines is 2. The molecule has 0 radical (unpaired) electrons. The number of carbonyl (C=O) groups excluding carboxylic acids is 2. The van der Waals surface area contributed by atoms with Crippen LogP contribution in [0.3, 0.4) is 0 Å². The summed E-state index contributed by atoms with van der Waals surface area (Å²) in [5.41, 5.74) is 0. The summed E-state index contributed by atoms with van der Waals surface area (Å²) in [6.07, 6.45) is 3.10. The number of hydrogen-bond donors (Lipinski definition) is 0. The second-order valence-corrected chi connectivity index (χ2v) is 5.86. The van der Waals surface area contributed by atoms with Crippen LogP contribution in [0, 0.1) is 23.5 Å². The van der Waals surface area contributed by atoms with E-state index < -0.39 is 35.3 Å². The summed E-state index contributed by atoms with van der Waals surface area (Å²) in [5, 5.41) is 0. The van der Waals surface area contributed by atoms with Crippen molar-refractivity contribution >= 4 is 23.5 Å². The summed E-state index contributed by atoms with van der Waals surface area (Å²) in [5.74, 6) is -3.36. The quantitative estimate of drug-likeness (QED) is 0.849. The fraction of sp³-hybridized carbons (Fsp3) is 0.294. The molecule has 1 fully saturated rings. The molecule has 1 aliphatic rings. The van der Waals surface area contributed by atoms with Gasteiger partial charge in [-0.1, -0.05) is 0 Å². The van der Waals surface area contributed by atoms with E-state index in [9.17, 15) is 18.4 Å². The molecule has 2 heterocycles. The fourth-order valence-corrected chi connectivity index (χ4v) is 2.70. The molecule has 8 heteroatoms. The first-order valence-corrected chi connectivity index (χ1v) is 7.68. The lowest BCUT2D eigenvalue weighted by atomic mass is 10.2. The molecule has 0 unspecified atom stereocenters. The van der Waals surface area contributed by atoms with Gasteiger partial charge in [-0.25, -0.2) is 18.7 Å². The zero-order chi connectivity index (χ0) is 18.1. The van der Waals surface area contributed by atoms with E-state index in [0.717, 1.165) is 9.80 Å². The monoisotopic (exact) mass is 346 g/mol. The van der Waals surface area contributed by atoms with E-state index >= 15 is 0 Å². The summed E-state index contributed by atoms with van der Waals surface area (Å²) in [7, 11) is 2.82. The van der Waals surface area contributed by atoms with Crippen molar-refractivity contribution in [2.45, 2.75) is 6.42 Å². The average molecular weight is 346 g/mol. The molecule has 2 aromatic rings. The maximum absolute atomic E-state index is 13.8. The predicted octanol–water partition coefficient (Wildman–Crippen LogP) is 2.02. The molecular weight excluding hydrogens is 330 g/mol. The first-order chi connectivity index (χ1) is 11.9. The van der Waals surface area contributed by atoms with E-state index in [2.05, 4.69) is 9.97 Å². The highest BCUT2D eigenvalue weighted by Crippen LogP contribution is 2.42. The summed E-state index contributed by atoms with van der Waals surface area (Å²) in [4.78, 5) is 34.8. The van der Waals surface area contributed by atoms with Crippen LogP contribution in [0.2, 0.25) is 0 Å². The Morgan fingerprint density at radius 3 is 1.68 bits per heavy atom. The maximum Gasteiger partial charge on any atom is 0.231 e. The number of aromatic nitrogens is 2. The first kappa shape index (κ1) is 16.9. The molecule has 0 bridgehead atoms. The van der Waals surface area contributed by atoms with E-state index in [1.54, 1.807) is 0 Å². The van der Waals surface area contributed by atoms with Crippen LogP contribution in [0.25, 0.3) is 0 Å². The van der Waals surface area contributed by atoms with Gasteiger partial charge in [0.1, 0.15) is 0 Å². The second kappa shape index (κ2) is 6.54. The van der Waals surface area contributed by atoms with Gasteiger partial charge in [0, 0.05) is 26.5 Å². The molecule has 2 atom stereocenters. The Hall–Kier alpha value is -2.90. The number of rotatable bonds is 4. The number of pyridine rings is 2. The Morgan fingerprint density at radius 2 is 1.32 bits per heavy atom. The highest BCUT2D eigenvalue weighted by Gasteiger charge is 2.51. The van der Waals surface area contributed by atoms with Crippen molar-refractivity contribution in [3.63, 3.8) is 0 Å². The minimum absolute atomic E-state index is 0.0882. The molecule has 0 aromatic carbocycles. The van der Waals surface area contributed by atoms with Gasteiger partial charge in [0.2, 0.25) is 11.8 Å². The minimum atomic E-state index is -0.616. The standard InChI is InChI=1S/C17H16F2N4O2/c1-22(14-12(18)5-3-7-20-14)16(24)10-9-11(10)17(25)23(2)15-13(19)6-4-8-21-15/h3-8,10-11H,9H2,1-2H3/t10-,11-/m1/s1. The van der Waals surface area contributed by atoms with Crippen molar-refractivity contribution in [2.75, 3.05) is 23.9 Å². The van der Waals surface area contributed by atoms with Crippen LogP contribution in [-0.4, -0.2) is 35.9 Å². The molecule has 0 N–H and O–H groups in total. The summed E-state index contributed by atoms with van der Waals surface area (Å²) in [6, 6.07) is 5.27. The molecule has 3 rings (SSSR count). The molecular formula is C17H16F2N4O2. The number of nitrogens with zero attached hydrogens (tertiary/aromatic N) is 4. The highest BCUT2D eigenvalue weighted by atomic mass is 19.1. The fourth-order valence-electron chi connectivity index (χ4n) is 2.70. The summed E-state index contributed by atoms with van der Waals surface area (Å²) in [6.45, 7) is 0. The van der Waals surface area contributed by atoms with E-state index in [-0.39, 0.29) is 11.6 Å². The predicted molar refractivity (Wildman–Crippen MR) is 86.8 cm³/mol. The lowest BCUT2D eigenvalue weighted by Gasteiger charge is -2.18. The molecule has 130 valence electrons. The van der Waals surface area contributed by atoms with Crippen molar-refractivity contribution in [1.29, 1.82) is 0 Å². The van der Waals surface area contributed by atoms with Crippen molar-refractivity contribution in [3.8, 4) is 0 Å². The molecule has 0 spiro atoms. The summed E-state index contributed by atoms with van der Waals surface area (Å²) >= 11 is 0. The lowest BCUT2D eigenvalue weighted by molar-refractivity contribution is -0.124. The van der Waals surface area contributed by atoms with Gasteiger partial charge in [0.15, 0.2) is 23.3 Å². The third-order valence-corrected chi connectivity index (χ3v) is 4.20. The largest absolute Gasteiger partial charge is 0.297 e. The second-order valence-electron chi connectivity index (χ2n) is 5.86. The lowest BCUT2D eigenvalue weighted by Crippen LogP contribution is -2.34. The first-order valence-electron chi connectivity index (χ1n) is 7.68. The number of carbonyl (C=O) groups is 2. The third kappa shape index (κ3) is 3.19. The van der Waals surface area contributed by atoms with Crippen molar-refractivity contribution in [1.82, 2.24) is 9.97 Å². The van der Waals surface area contributed by atoms with Gasteiger partial charge in [-0.2, -0.15) is 0 Å². The number of halogens is 2. The zero-order valence-electron chi connectivity index (χ0n) is 13.7. The molecule has 2 amide bonds. The van der Waals surface area contributed by atoms with Gasteiger partial charge in [0.25, 0.3) is 0 Å². The SMILES string of the molecule is CN(C(=O)[C@@H]1C[C@H]1C(=O)N(C)c1ncccc1F)c1ncccc1F. The van der Waals surface area contributed by atoms with Crippen LogP contribution in [0.5, 0.6) is 0 Å². The molecule has 0 saturated heterocycles. The average Bonchev–Trinajstić information content (AvgIpc) is 3.41. The molecule has 2 aromatic heterocycles. The van der Waals surface area contributed by atoms with Gasteiger partial charge in [-0.05, 0) is 30.7 Å². The molecule has 1 saturated carbocycles. The molecule has 1 aliphatic carbocycles. The van der Waals surface area contributed by atoms with Crippen LogP contribution < -0.4 is 9.80 Å². The smallest absolute Gasteiger partial charge is 0.231 e. The Kier molecular flexibility index (Phi) is 4.43. The van der Waals surface area contributed by atoms with Crippen molar-refractivity contribution in [2.24, 2.45) is 11.8 Å².